The Bertz CT molecular complexity index is 1260. The topological polar surface area (TPSA) is 99.2 Å². The van der Waals surface area contributed by atoms with E-state index in [0.29, 0.717) is 24.1 Å². The van der Waals surface area contributed by atoms with Crippen molar-refractivity contribution in [2.45, 2.75) is 31.9 Å². The molecule has 0 saturated carbocycles. The number of hydrogen-bond acceptors (Lipinski definition) is 5. The monoisotopic (exact) mass is 524 g/mol. The molecule has 36 heavy (non-hydrogen) atoms. The number of halogens is 7. The maximum absolute atomic E-state index is 14.2. The van der Waals surface area contributed by atoms with Crippen LogP contribution >= 0.6 is 0 Å². The van der Waals surface area contributed by atoms with Gasteiger partial charge in [-0.25, -0.2) is 9.78 Å². The molecular formula is C21H19F7N4O4. The number of carboxylic acids is 1. The van der Waals surface area contributed by atoms with Gasteiger partial charge in [-0.15, -0.1) is 0 Å². The number of aromatic nitrogens is 4. The Morgan fingerprint density at radius 2 is 1.58 bits per heavy atom. The molecule has 196 valence electrons. The molecule has 3 aromatic rings. The third kappa shape index (κ3) is 7.55. The van der Waals surface area contributed by atoms with Crippen molar-refractivity contribution in [1.82, 2.24) is 19.3 Å². The van der Waals surface area contributed by atoms with Crippen molar-refractivity contribution in [2.24, 2.45) is 7.05 Å². The van der Waals surface area contributed by atoms with Crippen LogP contribution in [0.15, 0.2) is 47.4 Å². The number of carboxylic acid groups (broad SMARTS) is 1. The van der Waals surface area contributed by atoms with Crippen molar-refractivity contribution in [3.8, 4) is 22.8 Å². The molecule has 2 heterocycles. The highest BCUT2D eigenvalue weighted by atomic mass is 19.4. The summed E-state index contributed by atoms with van der Waals surface area (Å²) in [6.45, 7) is -0.569. The van der Waals surface area contributed by atoms with E-state index in [4.69, 9.17) is 5.11 Å². The van der Waals surface area contributed by atoms with Crippen LogP contribution in [0.1, 0.15) is 19.7 Å². The van der Waals surface area contributed by atoms with Gasteiger partial charge in [0.2, 0.25) is 0 Å². The molecule has 1 aromatic carbocycles. The number of nitrogens with zero attached hydrogens (tertiary/aromatic N) is 4. The van der Waals surface area contributed by atoms with Gasteiger partial charge in [-0.3, -0.25) is 14.0 Å². The molecule has 0 fully saturated rings. The highest BCUT2D eigenvalue weighted by molar-refractivity contribution is 5.74. The number of aryl methyl sites for hydroxylation is 1. The average molecular weight is 524 g/mol. The average Bonchev–Trinajstić information content (AvgIpc) is 3.16. The summed E-state index contributed by atoms with van der Waals surface area (Å²) in [5.74, 6) is -10.1. The predicted octanol–water partition coefficient (Wildman–Crippen LogP) is 4.41. The Hall–Kier alpha value is -3.91. The molecule has 2 aromatic heterocycles. The lowest BCUT2D eigenvalue weighted by molar-refractivity contribution is -0.162. The van der Waals surface area contributed by atoms with Gasteiger partial charge in [0.1, 0.15) is 5.75 Å². The molecule has 0 aliphatic carbocycles. The summed E-state index contributed by atoms with van der Waals surface area (Å²) in [5.41, 5.74) is -0.379. The lowest BCUT2D eigenvalue weighted by Gasteiger charge is -2.18. The predicted molar refractivity (Wildman–Crippen MR) is 111 cm³/mol. The van der Waals surface area contributed by atoms with Gasteiger partial charge in [0.05, 0.1) is 17.1 Å². The first kappa shape index (κ1) is 28.3. The minimum absolute atomic E-state index is 0.00920. The molecule has 0 amide bonds. The van der Waals surface area contributed by atoms with Crippen LogP contribution in [0.2, 0.25) is 0 Å². The molecule has 0 unspecified atom stereocenters. The largest absolute Gasteiger partial charge is 0.484 e. The van der Waals surface area contributed by atoms with Crippen molar-refractivity contribution in [2.75, 3.05) is 6.61 Å². The molecule has 1 N–H and O–H groups in total. The van der Waals surface area contributed by atoms with Gasteiger partial charge in [0.25, 0.3) is 5.56 Å². The summed E-state index contributed by atoms with van der Waals surface area (Å²) in [5, 5.41) is 11.4. The number of ether oxygens (including phenoxy) is 1. The fraction of sp³-hybridized carbons (Fsp3) is 0.333. The van der Waals surface area contributed by atoms with Gasteiger partial charge in [0, 0.05) is 33.2 Å². The Kier molecular flexibility index (Phi) is 8.16. The SMILES string of the molecule is CC(F)(F)C(=O)O.Cn1nccc1-c1cc(=O)n(-c2ccc(OCC(F)(F)F)cc2)c(C(C)(F)F)n1. The summed E-state index contributed by atoms with van der Waals surface area (Å²) in [7, 11) is 1.58. The molecule has 0 radical (unpaired) electrons. The Labute approximate surface area is 198 Å². The second kappa shape index (κ2) is 10.4. The standard InChI is InChI=1S/C18H15F5N4O2.C3H4F2O2/c1-17(19,20)16-25-13(14-7-8-24-26(14)2)9-15(28)27(16)11-3-5-12(6-4-11)29-10-18(21,22)23;1-3(4,5)2(6)7/h3-9H,10H2,1-2H3;1H3,(H,6,7). The zero-order chi connectivity index (χ0) is 27.5. The van der Waals surface area contributed by atoms with Crippen molar-refractivity contribution in [3.05, 3.63) is 58.8 Å². The van der Waals surface area contributed by atoms with Crippen LogP contribution in [-0.4, -0.2) is 49.1 Å². The van der Waals surface area contributed by atoms with E-state index in [9.17, 15) is 40.3 Å². The molecule has 15 heteroatoms. The smallest absolute Gasteiger partial charge is 0.422 e. The Morgan fingerprint density at radius 3 is 2.00 bits per heavy atom. The third-order valence-corrected chi connectivity index (χ3v) is 4.27. The minimum atomic E-state index is -4.52. The molecular weight excluding hydrogens is 505 g/mol. The van der Waals surface area contributed by atoms with E-state index in [2.05, 4.69) is 14.8 Å². The van der Waals surface area contributed by atoms with Crippen LogP contribution < -0.4 is 10.3 Å². The van der Waals surface area contributed by atoms with Crippen molar-refractivity contribution in [1.29, 1.82) is 0 Å². The first-order valence-corrected chi connectivity index (χ1v) is 9.82. The molecule has 3 rings (SSSR count). The van der Waals surface area contributed by atoms with Crippen LogP contribution in [0.25, 0.3) is 17.1 Å². The van der Waals surface area contributed by atoms with Crippen LogP contribution in [0, 0.1) is 0 Å². The van der Waals surface area contributed by atoms with E-state index < -0.39 is 42.0 Å². The molecule has 0 aliphatic rings. The van der Waals surface area contributed by atoms with Gasteiger partial charge in [0.15, 0.2) is 12.4 Å². The Balaban J connectivity index is 0.000000572. The van der Waals surface area contributed by atoms with Gasteiger partial charge < -0.3 is 9.84 Å². The van der Waals surface area contributed by atoms with Crippen LogP contribution in [0.5, 0.6) is 5.75 Å². The number of benzene rings is 1. The van der Waals surface area contributed by atoms with E-state index in [-0.39, 0.29) is 17.1 Å². The highest BCUT2D eigenvalue weighted by Gasteiger charge is 2.33. The summed E-state index contributed by atoms with van der Waals surface area (Å²) in [6, 6.07) is 7.32. The third-order valence-electron chi connectivity index (χ3n) is 4.27. The van der Waals surface area contributed by atoms with E-state index >= 15 is 0 Å². The fourth-order valence-electron chi connectivity index (χ4n) is 2.64. The lowest BCUT2D eigenvalue weighted by atomic mass is 10.2. The summed E-state index contributed by atoms with van der Waals surface area (Å²) < 4.78 is 94.4. The second-order valence-electron chi connectivity index (χ2n) is 7.46. The zero-order valence-corrected chi connectivity index (χ0v) is 18.9. The lowest BCUT2D eigenvalue weighted by Crippen LogP contribution is -2.29. The van der Waals surface area contributed by atoms with E-state index in [0.717, 1.165) is 18.2 Å². The van der Waals surface area contributed by atoms with Gasteiger partial charge >= 0.3 is 24.0 Å². The van der Waals surface area contributed by atoms with Crippen LogP contribution in [0.4, 0.5) is 30.7 Å². The number of hydrogen-bond donors (Lipinski definition) is 1. The fourth-order valence-corrected chi connectivity index (χ4v) is 2.64. The van der Waals surface area contributed by atoms with Gasteiger partial charge in [-0.2, -0.15) is 35.8 Å². The number of aliphatic carboxylic acids is 1. The second-order valence-corrected chi connectivity index (χ2v) is 7.46. The first-order valence-electron chi connectivity index (χ1n) is 9.82. The number of alkyl halides is 7. The van der Waals surface area contributed by atoms with Crippen LogP contribution in [0.3, 0.4) is 0 Å². The van der Waals surface area contributed by atoms with E-state index in [1.165, 1.54) is 29.1 Å². The molecule has 0 spiro atoms. The first-order chi connectivity index (χ1) is 16.4. The summed E-state index contributed by atoms with van der Waals surface area (Å²) in [6.07, 6.45) is -3.08. The molecule has 0 saturated heterocycles. The molecule has 0 atom stereocenters. The Morgan fingerprint density at radius 1 is 1.03 bits per heavy atom. The maximum Gasteiger partial charge on any atom is 0.422 e. The van der Waals surface area contributed by atoms with Gasteiger partial charge in [-0.1, -0.05) is 0 Å². The number of carbonyl (C=O) groups is 1. The maximum atomic E-state index is 14.2. The van der Waals surface area contributed by atoms with Crippen molar-refractivity contribution >= 4 is 5.97 Å². The molecule has 8 nitrogen and oxygen atoms in total. The van der Waals surface area contributed by atoms with Crippen molar-refractivity contribution in [3.63, 3.8) is 0 Å². The van der Waals surface area contributed by atoms with E-state index in [1.54, 1.807) is 7.05 Å². The summed E-state index contributed by atoms with van der Waals surface area (Å²) in [4.78, 5) is 25.9. The zero-order valence-electron chi connectivity index (χ0n) is 18.9. The van der Waals surface area contributed by atoms with Crippen LogP contribution in [-0.2, 0) is 17.8 Å². The quantitative estimate of drug-likeness (QED) is 0.480. The van der Waals surface area contributed by atoms with E-state index in [1.807, 2.05) is 0 Å². The van der Waals surface area contributed by atoms with Gasteiger partial charge in [-0.05, 0) is 30.3 Å². The summed E-state index contributed by atoms with van der Waals surface area (Å²) >= 11 is 0. The minimum Gasteiger partial charge on any atom is -0.484 e. The van der Waals surface area contributed by atoms with Crippen molar-refractivity contribution < 1.29 is 45.4 Å². The molecule has 0 bridgehead atoms. The number of rotatable bonds is 6. The molecule has 0 aliphatic heterocycles. The normalized spacial score (nSPS) is 12.1. The highest BCUT2D eigenvalue weighted by Crippen LogP contribution is 2.29.